The van der Waals surface area contributed by atoms with E-state index in [-0.39, 0.29) is 12.0 Å². The van der Waals surface area contributed by atoms with Gasteiger partial charge in [0, 0.05) is 25.9 Å². The summed E-state index contributed by atoms with van der Waals surface area (Å²) in [6, 6.07) is 19.8. The molecule has 0 radical (unpaired) electrons. The van der Waals surface area contributed by atoms with Crippen molar-refractivity contribution in [2.75, 3.05) is 19.7 Å². The second-order valence-corrected chi connectivity index (χ2v) is 9.11. The Labute approximate surface area is 195 Å². The summed E-state index contributed by atoms with van der Waals surface area (Å²) in [5, 5.41) is 28.2. The predicted molar refractivity (Wildman–Crippen MR) is 126 cm³/mol. The summed E-state index contributed by atoms with van der Waals surface area (Å²) in [5.74, 6) is 0.983. The Morgan fingerprint density at radius 2 is 1.48 bits per heavy atom. The summed E-state index contributed by atoms with van der Waals surface area (Å²) < 4.78 is 2.24. The Bertz CT molecular complexity index is 1160. The number of aryl methyl sites for hydroxylation is 1. The number of aromatic nitrogens is 2. The van der Waals surface area contributed by atoms with Crippen LogP contribution in [0.1, 0.15) is 46.6 Å². The number of likely N-dealkylation sites (tertiary alicyclic amines) is 1. The number of benzene rings is 2. The van der Waals surface area contributed by atoms with E-state index in [1.807, 2.05) is 61.7 Å². The number of imidazole rings is 1. The maximum Gasteiger partial charge on any atom is 0.106 e. The fraction of sp³-hybridized carbons (Fsp3) is 0.370. The Hall–Kier alpha value is -3.45. The quantitative estimate of drug-likeness (QED) is 0.605. The maximum atomic E-state index is 10.2. The molecule has 1 saturated heterocycles. The van der Waals surface area contributed by atoms with E-state index in [1.165, 1.54) is 11.3 Å². The minimum absolute atomic E-state index is 0.108. The van der Waals surface area contributed by atoms with E-state index in [1.54, 1.807) is 0 Å². The molecule has 1 aromatic heterocycles. The van der Waals surface area contributed by atoms with Gasteiger partial charge in [-0.2, -0.15) is 10.5 Å². The van der Waals surface area contributed by atoms with Crippen molar-refractivity contribution in [3.05, 3.63) is 88.5 Å². The van der Waals surface area contributed by atoms with Gasteiger partial charge in [0.2, 0.25) is 0 Å². The zero-order valence-corrected chi connectivity index (χ0v) is 19.0. The van der Waals surface area contributed by atoms with Gasteiger partial charge >= 0.3 is 0 Å². The third-order valence-electron chi connectivity index (χ3n) is 6.86. The third-order valence-corrected chi connectivity index (χ3v) is 6.86. The van der Waals surface area contributed by atoms with Crippen molar-refractivity contribution in [2.24, 2.45) is 5.41 Å². The van der Waals surface area contributed by atoms with E-state index in [0.29, 0.717) is 11.1 Å². The molecular weight excluding hydrogens is 410 g/mol. The first-order valence-corrected chi connectivity index (χ1v) is 11.4. The largest absolute Gasteiger partial charge is 0.396 e. The molecule has 1 aliphatic rings. The van der Waals surface area contributed by atoms with Gasteiger partial charge in [-0.05, 0) is 80.1 Å². The number of nitrogens with zero attached hydrogens (tertiary/aromatic N) is 5. The fourth-order valence-electron chi connectivity index (χ4n) is 4.66. The minimum Gasteiger partial charge on any atom is -0.396 e. The Kier molecular flexibility index (Phi) is 6.89. The average Bonchev–Trinajstić information content (AvgIpc) is 3.20. The van der Waals surface area contributed by atoms with Crippen LogP contribution in [-0.2, 0) is 19.5 Å². The number of rotatable bonds is 7. The first-order chi connectivity index (χ1) is 16.0. The molecular formula is C27H29N5O. The lowest BCUT2D eigenvalue weighted by molar-refractivity contribution is 0.0406. The van der Waals surface area contributed by atoms with Gasteiger partial charge in [-0.1, -0.05) is 24.3 Å². The van der Waals surface area contributed by atoms with E-state index in [2.05, 4.69) is 26.6 Å². The monoisotopic (exact) mass is 439 g/mol. The number of aliphatic hydroxyl groups excluding tert-OH is 1. The summed E-state index contributed by atoms with van der Waals surface area (Å²) in [6.45, 7) is 5.62. The second-order valence-electron chi connectivity index (χ2n) is 9.11. The zero-order chi connectivity index (χ0) is 23.3. The summed E-state index contributed by atoms with van der Waals surface area (Å²) in [4.78, 5) is 6.99. The van der Waals surface area contributed by atoms with Gasteiger partial charge in [0.05, 0.1) is 29.0 Å². The Morgan fingerprint density at radius 1 is 0.909 bits per heavy atom. The smallest absolute Gasteiger partial charge is 0.106 e. The van der Waals surface area contributed by atoms with Gasteiger partial charge in [-0.25, -0.2) is 4.98 Å². The number of hydrogen-bond acceptors (Lipinski definition) is 5. The Morgan fingerprint density at radius 3 is 2.03 bits per heavy atom. The zero-order valence-electron chi connectivity index (χ0n) is 19.0. The van der Waals surface area contributed by atoms with Crippen LogP contribution in [0.25, 0.3) is 0 Å². The molecule has 168 valence electrons. The van der Waals surface area contributed by atoms with E-state index in [4.69, 9.17) is 10.5 Å². The highest BCUT2D eigenvalue weighted by atomic mass is 16.3. The van der Waals surface area contributed by atoms with Crippen LogP contribution in [0.3, 0.4) is 0 Å². The molecule has 33 heavy (non-hydrogen) atoms. The summed E-state index contributed by atoms with van der Waals surface area (Å²) >= 11 is 0. The topological polar surface area (TPSA) is 88.9 Å². The SMILES string of the molecule is Cc1ncc(CN2CCC(CO)(Cc3ccc(C#N)cc3)CC2)n1Cc1ccc(C#N)cc1. The van der Waals surface area contributed by atoms with E-state index in [9.17, 15) is 5.11 Å². The molecule has 4 rings (SSSR count). The second kappa shape index (κ2) is 10.0. The molecule has 2 aromatic carbocycles. The van der Waals surface area contributed by atoms with E-state index in [0.717, 1.165) is 56.8 Å². The van der Waals surface area contributed by atoms with E-state index >= 15 is 0 Å². The van der Waals surface area contributed by atoms with Crippen molar-refractivity contribution in [1.82, 2.24) is 14.5 Å². The number of aliphatic hydroxyl groups is 1. The molecule has 0 unspecified atom stereocenters. The van der Waals surface area contributed by atoms with Crippen LogP contribution in [0.4, 0.5) is 0 Å². The van der Waals surface area contributed by atoms with Gasteiger partial charge in [-0.15, -0.1) is 0 Å². The van der Waals surface area contributed by atoms with Gasteiger partial charge in [0.1, 0.15) is 5.82 Å². The van der Waals surface area contributed by atoms with Crippen molar-refractivity contribution in [3.8, 4) is 12.1 Å². The molecule has 1 fully saturated rings. The molecule has 6 nitrogen and oxygen atoms in total. The van der Waals surface area contributed by atoms with Crippen LogP contribution in [0, 0.1) is 35.0 Å². The lowest BCUT2D eigenvalue weighted by Gasteiger charge is -2.41. The van der Waals surface area contributed by atoms with Crippen molar-refractivity contribution in [2.45, 2.75) is 39.3 Å². The number of hydrogen-bond donors (Lipinski definition) is 1. The van der Waals surface area contributed by atoms with Crippen molar-refractivity contribution < 1.29 is 5.11 Å². The molecule has 3 aromatic rings. The summed E-state index contributed by atoms with van der Waals surface area (Å²) in [5.41, 5.74) is 4.73. The lowest BCUT2D eigenvalue weighted by Crippen LogP contribution is -2.43. The average molecular weight is 440 g/mol. The molecule has 0 atom stereocenters. The number of piperidine rings is 1. The first-order valence-electron chi connectivity index (χ1n) is 11.4. The molecule has 0 spiro atoms. The van der Waals surface area contributed by atoms with Crippen LogP contribution in [0.2, 0.25) is 0 Å². The molecule has 0 amide bonds. The normalized spacial score (nSPS) is 15.6. The highest BCUT2D eigenvalue weighted by Gasteiger charge is 2.34. The van der Waals surface area contributed by atoms with Gasteiger partial charge in [-0.3, -0.25) is 4.90 Å². The molecule has 2 heterocycles. The first kappa shape index (κ1) is 22.7. The van der Waals surface area contributed by atoms with Gasteiger partial charge < -0.3 is 9.67 Å². The fourth-order valence-corrected chi connectivity index (χ4v) is 4.66. The van der Waals surface area contributed by atoms with Crippen molar-refractivity contribution in [3.63, 3.8) is 0 Å². The molecule has 1 N–H and O–H groups in total. The molecule has 0 saturated carbocycles. The summed E-state index contributed by atoms with van der Waals surface area (Å²) in [6.07, 6.45) is 4.67. The highest BCUT2D eigenvalue weighted by Crippen LogP contribution is 2.35. The van der Waals surface area contributed by atoms with Crippen molar-refractivity contribution in [1.29, 1.82) is 10.5 Å². The standard InChI is InChI=1S/C27H29N5O/c1-21-30-17-26(32(21)18-25-8-6-24(16-29)7-9-25)19-31-12-10-27(20-33,11-13-31)14-22-2-4-23(15-28)5-3-22/h2-9,17,33H,10-14,18-20H2,1H3. The van der Waals surface area contributed by atoms with Crippen LogP contribution < -0.4 is 0 Å². The number of nitriles is 2. The van der Waals surface area contributed by atoms with Crippen LogP contribution in [-0.4, -0.2) is 39.3 Å². The van der Waals surface area contributed by atoms with Crippen LogP contribution in [0.15, 0.2) is 54.7 Å². The van der Waals surface area contributed by atoms with Gasteiger partial charge in [0.25, 0.3) is 0 Å². The van der Waals surface area contributed by atoms with Crippen molar-refractivity contribution >= 4 is 0 Å². The van der Waals surface area contributed by atoms with E-state index < -0.39 is 0 Å². The molecule has 0 aliphatic carbocycles. The van der Waals surface area contributed by atoms with Crippen LogP contribution >= 0.6 is 0 Å². The minimum atomic E-state index is -0.108. The molecule has 1 aliphatic heterocycles. The third kappa shape index (κ3) is 5.31. The Balaban J connectivity index is 1.39. The lowest BCUT2D eigenvalue weighted by atomic mass is 9.74. The van der Waals surface area contributed by atoms with Crippen LogP contribution in [0.5, 0.6) is 0 Å². The molecule has 0 bridgehead atoms. The highest BCUT2D eigenvalue weighted by molar-refractivity contribution is 5.33. The maximum absolute atomic E-state index is 10.2. The van der Waals surface area contributed by atoms with Gasteiger partial charge in [0.15, 0.2) is 0 Å². The molecule has 6 heteroatoms. The predicted octanol–water partition coefficient (Wildman–Crippen LogP) is 3.80. The summed E-state index contributed by atoms with van der Waals surface area (Å²) in [7, 11) is 0.